The summed E-state index contributed by atoms with van der Waals surface area (Å²) in [5.41, 5.74) is 3.03. The normalized spacial score (nSPS) is 15.5. The van der Waals surface area contributed by atoms with E-state index in [-0.39, 0.29) is 5.91 Å². The van der Waals surface area contributed by atoms with Crippen LogP contribution in [0.3, 0.4) is 0 Å². The van der Waals surface area contributed by atoms with Gasteiger partial charge in [0.25, 0.3) is 5.91 Å². The zero-order valence-corrected chi connectivity index (χ0v) is 18.5. The van der Waals surface area contributed by atoms with Gasteiger partial charge in [0.1, 0.15) is 0 Å². The molecule has 0 radical (unpaired) electrons. The van der Waals surface area contributed by atoms with Crippen LogP contribution in [0.5, 0.6) is 0 Å². The maximum Gasteiger partial charge on any atom is 0.252 e. The fraction of sp³-hybridized carbons (Fsp3) is 0.280. The van der Waals surface area contributed by atoms with Gasteiger partial charge in [0.05, 0.1) is 6.54 Å². The Balaban J connectivity index is 1.23. The molecule has 2 aromatic carbocycles. The summed E-state index contributed by atoms with van der Waals surface area (Å²) in [4.78, 5) is 22.2. The number of carbonyl (C=O) groups is 1. The van der Waals surface area contributed by atoms with Crippen molar-refractivity contribution < 1.29 is 9.32 Å². The summed E-state index contributed by atoms with van der Waals surface area (Å²) in [6.07, 6.45) is 3.55. The summed E-state index contributed by atoms with van der Waals surface area (Å²) in [7, 11) is 0. The molecular formula is C25H26N6O2. The second-order valence-electron chi connectivity index (χ2n) is 8.23. The van der Waals surface area contributed by atoms with Crippen LogP contribution in [-0.2, 0) is 11.3 Å². The summed E-state index contributed by atoms with van der Waals surface area (Å²) in [6, 6.07) is 19.2. The Bertz CT molecular complexity index is 1200. The highest BCUT2D eigenvalue weighted by molar-refractivity contribution is 5.83. The Kier molecular flexibility index (Phi) is 5.99. The van der Waals surface area contributed by atoms with Gasteiger partial charge < -0.3 is 9.42 Å². The number of aryl methyl sites for hydroxylation is 1. The van der Waals surface area contributed by atoms with E-state index in [4.69, 9.17) is 4.52 Å². The van der Waals surface area contributed by atoms with Crippen molar-refractivity contribution >= 4 is 5.91 Å². The second kappa shape index (κ2) is 9.38. The molecule has 2 aromatic heterocycles. The van der Waals surface area contributed by atoms with Gasteiger partial charge in [-0.2, -0.15) is 10.1 Å². The van der Waals surface area contributed by atoms with Crippen molar-refractivity contribution in [1.29, 1.82) is 0 Å². The number of hydrogen-bond acceptors (Lipinski definition) is 6. The van der Waals surface area contributed by atoms with E-state index >= 15 is 0 Å². The number of rotatable bonds is 6. The van der Waals surface area contributed by atoms with Crippen LogP contribution in [0.4, 0.5) is 0 Å². The molecule has 0 saturated carbocycles. The van der Waals surface area contributed by atoms with Gasteiger partial charge in [-0.1, -0.05) is 59.8 Å². The van der Waals surface area contributed by atoms with Gasteiger partial charge in [-0.3, -0.25) is 14.4 Å². The maximum absolute atomic E-state index is 13.5. The van der Waals surface area contributed by atoms with Crippen LogP contribution in [0.1, 0.15) is 23.1 Å². The molecule has 1 fully saturated rings. The average Bonchev–Trinajstić information content (AvgIpc) is 3.54. The zero-order valence-electron chi connectivity index (χ0n) is 18.5. The Morgan fingerprint density at radius 1 is 1.00 bits per heavy atom. The van der Waals surface area contributed by atoms with Gasteiger partial charge in [-0.15, -0.1) is 0 Å². The maximum atomic E-state index is 13.5. The van der Waals surface area contributed by atoms with Crippen LogP contribution in [0.2, 0.25) is 0 Å². The minimum absolute atomic E-state index is 0.0594. The molecule has 168 valence electrons. The molecule has 8 nitrogen and oxygen atoms in total. The molecule has 1 unspecified atom stereocenters. The lowest BCUT2D eigenvalue weighted by Gasteiger charge is -2.35. The van der Waals surface area contributed by atoms with Crippen molar-refractivity contribution in [1.82, 2.24) is 29.7 Å². The van der Waals surface area contributed by atoms with E-state index in [1.165, 1.54) is 0 Å². The first-order valence-electron chi connectivity index (χ1n) is 11.1. The van der Waals surface area contributed by atoms with Crippen molar-refractivity contribution in [3.8, 4) is 11.4 Å². The minimum atomic E-state index is -0.458. The fourth-order valence-corrected chi connectivity index (χ4v) is 4.22. The quantitative estimate of drug-likeness (QED) is 0.456. The summed E-state index contributed by atoms with van der Waals surface area (Å²) >= 11 is 0. The summed E-state index contributed by atoms with van der Waals surface area (Å²) in [5.74, 6) is 1.26. The van der Waals surface area contributed by atoms with Gasteiger partial charge in [0.2, 0.25) is 11.7 Å². The van der Waals surface area contributed by atoms with Crippen LogP contribution in [0.25, 0.3) is 11.4 Å². The average molecular weight is 443 g/mol. The van der Waals surface area contributed by atoms with Crippen molar-refractivity contribution in [2.45, 2.75) is 19.5 Å². The van der Waals surface area contributed by atoms with E-state index in [1.807, 2.05) is 78.7 Å². The third-order valence-electron chi connectivity index (χ3n) is 6.04. The van der Waals surface area contributed by atoms with Gasteiger partial charge >= 0.3 is 0 Å². The van der Waals surface area contributed by atoms with Crippen molar-refractivity contribution in [2.75, 3.05) is 26.2 Å². The standard InChI is InChI=1S/C25H26N6O2/c1-19-8-5-6-11-21(19)24-27-22(33-28-24)18-29-14-16-30(17-15-29)25(32)23(31-13-7-12-26-31)20-9-3-2-4-10-20/h2-13,23H,14-18H2,1H3. The molecule has 8 heteroatoms. The molecule has 0 spiro atoms. The number of carbonyl (C=O) groups excluding carboxylic acids is 1. The molecule has 1 saturated heterocycles. The van der Waals surface area contributed by atoms with Gasteiger partial charge in [0.15, 0.2) is 6.04 Å². The third-order valence-corrected chi connectivity index (χ3v) is 6.04. The molecule has 5 rings (SSSR count). The molecule has 33 heavy (non-hydrogen) atoms. The van der Waals surface area contributed by atoms with Crippen LogP contribution in [0.15, 0.2) is 77.6 Å². The first kappa shape index (κ1) is 21.1. The first-order chi connectivity index (χ1) is 16.2. The molecule has 3 heterocycles. The molecular weight excluding hydrogens is 416 g/mol. The van der Waals surface area contributed by atoms with E-state index in [9.17, 15) is 4.79 Å². The summed E-state index contributed by atoms with van der Waals surface area (Å²) < 4.78 is 7.23. The second-order valence-corrected chi connectivity index (χ2v) is 8.23. The summed E-state index contributed by atoms with van der Waals surface area (Å²) in [6.45, 7) is 5.38. The largest absolute Gasteiger partial charge is 0.338 e. The molecule has 1 amide bonds. The van der Waals surface area contributed by atoms with Crippen molar-refractivity contribution in [3.05, 3.63) is 90.1 Å². The monoisotopic (exact) mass is 442 g/mol. The van der Waals surface area contributed by atoms with Gasteiger partial charge in [0, 0.05) is 44.1 Å². The smallest absolute Gasteiger partial charge is 0.252 e. The van der Waals surface area contributed by atoms with Gasteiger partial charge in [-0.25, -0.2) is 0 Å². The molecule has 0 bridgehead atoms. The highest BCUT2D eigenvalue weighted by Gasteiger charge is 2.30. The van der Waals surface area contributed by atoms with E-state index in [1.54, 1.807) is 10.9 Å². The summed E-state index contributed by atoms with van der Waals surface area (Å²) in [5, 5.41) is 8.50. The van der Waals surface area contributed by atoms with E-state index in [0.29, 0.717) is 31.3 Å². The Hall–Kier alpha value is -3.78. The lowest BCUT2D eigenvalue weighted by atomic mass is 10.1. The fourth-order valence-electron chi connectivity index (χ4n) is 4.22. The Morgan fingerprint density at radius 2 is 1.76 bits per heavy atom. The molecule has 1 aliphatic heterocycles. The van der Waals surface area contributed by atoms with Crippen LogP contribution in [-0.4, -0.2) is 61.8 Å². The Labute approximate surface area is 192 Å². The molecule has 0 N–H and O–H groups in total. The minimum Gasteiger partial charge on any atom is -0.338 e. The number of aromatic nitrogens is 4. The highest BCUT2D eigenvalue weighted by Crippen LogP contribution is 2.23. The number of amides is 1. The molecule has 0 aliphatic carbocycles. The van der Waals surface area contributed by atoms with Crippen LogP contribution < -0.4 is 0 Å². The number of nitrogens with zero attached hydrogens (tertiary/aromatic N) is 6. The van der Waals surface area contributed by atoms with Crippen LogP contribution in [0, 0.1) is 6.92 Å². The number of piperazine rings is 1. The third kappa shape index (κ3) is 4.56. The molecule has 4 aromatic rings. The topological polar surface area (TPSA) is 80.3 Å². The number of hydrogen-bond donors (Lipinski definition) is 0. The predicted molar refractivity (Wildman–Crippen MR) is 123 cm³/mol. The lowest BCUT2D eigenvalue weighted by Crippen LogP contribution is -2.50. The lowest BCUT2D eigenvalue weighted by molar-refractivity contribution is -0.135. The number of benzene rings is 2. The van der Waals surface area contributed by atoms with Crippen LogP contribution >= 0.6 is 0 Å². The zero-order chi connectivity index (χ0) is 22.6. The van der Waals surface area contributed by atoms with Crippen molar-refractivity contribution in [3.63, 3.8) is 0 Å². The molecule has 1 aliphatic rings. The van der Waals surface area contributed by atoms with E-state index in [0.717, 1.165) is 29.8 Å². The predicted octanol–water partition coefficient (Wildman–Crippen LogP) is 3.18. The molecule has 1 atom stereocenters. The first-order valence-corrected chi connectivity index (χ1v) is 11.1. The SMILES string of the molecule is Cc1ccccc1-c1noc(CN2CCN(C(=O)C(c3ccccc3)n3cccn3)CC2)n1. The van der Waals surface area contributed by atoms with E-state index < -0.39 is 6.04 Å². The van der Waals surface area contributed by atoms with Gasteiger partial charge in [-0.05, 0) is 24.1 Å². The Morgan fingerprint density at radius 3 is 2.48 bits per heavy atom. The van der Waals surface area contributed by atoms with Crippen molar-refractivity contribution in [2.24, 2.45) is 0 Å². The highest BCUT2D eigenvalue weighted by atomic mass is 16.5. The van der Waals surface area contributed by atoms with E-state index in [2.05, 4.69) is 20.1 Å².